The van der Waals surface area contributed by atoms with Crippen molar-refractivity contribution in [1.29, 1.82) is 0 Å². The van der Waals surface area contributed by atoms with Crippen LogP contribution < -0.4 is 11.0 Å². The number of carbonyl (C=O) groups is 1. The standard InChI is InChI=1S/C14H23N3O11P2/c1-8(18)15-10-4-5-17(14(19)16-10)13-12(26-3)11(25-2)9(28-13)6-27-30(23,24)7-29(20,21)22/h4-5,9,11-13H,6-7H2,1-3H3,(H,23,24)(H2,20,21,22)(H,15,16,18,19). The minimum Gasteiger partial charge on any atom is -0.376 e. The molecule has 1 aliphatic rings. The number of nitrogens with zero attached hydrogens (tertiary/aromatic N) is 2. The number of aromatic nitrogens is 2. The molecule has 16 heteroatoms. The molecule has 0 aromatic carbocycles. The van der Waals surface area contributed by atoms with Crippen molar-refractivity contribution in [3.05, 3.63) is 22.7 Å². The first-order chi connectivity index (χ1) is 13.9. The second-order valence-electron chi connectivity index (χ2n) is 6.39. The van der Waals surface area contributed by atoms with E-state index in [2.05, 4.69) is 10.3 Å². The highest BCUT2D eigenvalue weighted by molar-refractivity contribution is 7.70. The third-order valence-corrected chi connectivity index (χ3v) is 7.50. The topological polar surface area (TPSA) is 196 Å². The number of methoxy groups -OCH3 is 2. The SMILES string of the molecule is COC1C(COP(=O)(O)CP(=O)(O)O)OC(n2ccc(NC(C)=O)nc2=O)C1OC. The number of hydrogen-bond donors (Lipinski definition) is 4. The minimum absolute atomic E-state index is 0.0394. The van der Waals surface area contributed by atoms with Crippen molar-refractivity contribution in [3.63, 3.8) is 0 Å². The van der Waals surface area contributed by atoms with E-state index in [-0.39, 0.29) is 5.82 Å². The molecule has 170 valence electrons. The normalized spacial score (nSPS) is 26.3. The molecule has 4 N–H and O–H groups in total. The largest absolute Gasteiger partial charge is 0.376 e. The Hall–Kier alpha value is -1.47. The molecule has 0 aliphatic carbocycles. The number of rotatable bonds is 9. The molecule has 1 aliphatic heterocycles. The molecular weight excluding hydrogens is 448 g/mol. The number of hydrogen-bond acceptors (Lipinski definition) is 9. The Morgan fingerprint density at radius 3 is 2.40 bits per heavy atom. The van der Waals surface area contributed by atoms with Crippen molar-refractivity contribution in [2.24, 2.45) is 0 Å². The van der Waals surface area contributed by atoms with Gasteiger partial charge in [-0.1, -0.05) is 0 Å². The molecule has 2 rings (SSSR count). The zero-order valence-electron chi connectivity index (χ0n) is 16.3. The maximum absolute atomic E-state index is 12.4. The third kappa shape index (κ3) is 6.51. The lowest BCUT2D eigenvalue weighted by Gasteiger charge is -2.22. The maximum Gasteiger partial charge on any atom is 0.351 e. The summed E-state index contributed by atoms with van der Waals surface area (Å²) in [6, 6.07) is 1.37. The smallest absolute Gasteiger partial charge is 0.351 e. The quantitative estimate of drug-likeness (QED) is 0.337. The summed E-state index contributed by atoms with van der Waals surface area (Å²) in [5, 5.41) is 2.37. The van der Waals surface area contributed by atoms with Gasteiger partial charge in [-0.15, -0.1) is 0 Å². The van der Waals surface area contributed by atoms with Crippen molar-refractivity contribution >= 4 is 26.9 Å². The summed E-state index contributed by atoms with van der Waals surface area (Å²) in [5.74, 6) is -1.72. The van der Waals surface area contributed by atoms with E-state index in [4.69, 9.17) is 28.5 Å². The number of nitrogens with one attached hydrogen (secondary N) is 1. The van der Waals surface area contributed by atoms with Crippen molar-refractivity contribution in [2.75, 3.05) is 32.0 Å². The van der Waals surface area contributed by atoms with Crippen molar-refractivity contribution in [3.8, 4) is 0 Å². The lowest BCUT2D eigenvalue weighted by molar-refractivity contribution is -0.114. The van der Waals surface area contributed by atoms with E-state index in [0.717, 1.165) is 4.57 Å². The van der Waals surface area contributed by atoms with Crippen LogP contribution in [0.2, 0.25) is 0 Å². The molecule has 5 atom stereocenters. The molecule has 1 aromatic rings. The van der Waals surface area contributed by atoms with Crippen LogP contribution in [-0.4, -0.2) is 75.2 Å². The second-order valence-corrected chi connectivity index (χ2v) is 10.4. The van der Waals surface area contributed by atoms with E-state index in [1.54, 1.807) is 0 Å². The Bertz CT molecular complexity index is 917. The van der Waals surface area contributed by atoms with Crippen molar-refractivity contribution in [2.45, 2.75) is 31.5 Å². The summed E-state index contributed by atoms with van der Waals surface area (Å²) < 4.78 is 45.1. The highest BCUT2D eigenvalue weighted by Crippen LogP contribution is 2.55. The lowest BCUT2D eigenvalue weighted by Crippen LogP contribution is -2.38. The van der Waals surface area contributed by atoms with Gasteiger partial charge in [0.2, 0.25) is 5.91 Å². The summed E-state index contributed by atoms with van der Waals surface area (Å²) in [6.45, 7) is 0.698. The van der Waals surface area contributed by atoms with Gasteiger partial charge in [-0.3, -0.25) is 18.5 Å². The van der Waals surface area contributed by atoms with Gasteiger partial charge < -0.3 is 38.7 Å². The van der Waals surface area contributed by atoms with Gasteiger partial charge in [0.1, 0.15) is 24.1 Å². The first-order valence-corrected chi connectivity index (χ1v) is 12.0. The lowest BCUT2D eigenvalue weighted by atomic mass is 10.1. The van der Waals surface area contributed by atoms with E-state index >= 15 is 0 Å². The van der Waals surface area contributed by atoms with Gasteiger partial charge in [0.15, 0.2) is 12.1 Å². The van der Waals surface area contributed by atoms with Crippen LogP contribution in [0.4, 0.5) is 5.82 Å². The molecular formula is C14H23N3O11P2. The summed E-state index contributed by atoms with van der Waals surface area (Å²) in [7, 11) is -6.74. The zero-order valence-corrected chi connectivity index (χ0v) is 18.1. The van der Waals surface area contributed by atoms with Crippen molar-refractivity contribution in [1.82, 2.24) is 9.55 Å². The van der Waals surface area contributed by atoms with Crippen LogP contribution in [0.1, 0.15) is 13.2 Å². The van der Waals surface area contributed by atoms with Gasteiger partial charge in [0.05, 0.1) is 6.61 Å². The second kappa shape index (κ2) is 9.77. The highest BCUT2D eigenvalue weighted by atomic mass is 31.2. The number of amides is 1. The molecule has 0 spiro atoms. The molecule has 1 saturated heterocycles. The van der Waals surface area contributed by atoms with Gasteiger partial charge >= 0.3 is 20.9 Å². The van der Waals surface area contributed by atoms with Gasteiger partial charge in [-0.2, -0.15) is 4.98 Å². The molecule has 5 unspecified atom stereocenters. The van der Waals surface area contributed by atoms with Crippen LogP contribution in [0, 0.1) is 0 Å². The van der Waals surface area contributed by atoms with E-state index in [9.17, 15) is 23.6 Å². The van der Waals surface area contributed by atoms with Crippen molar-refractivity contribution < 1.29 is 47.3 Å². The van der Waals surface area contributed by atoms with E-state index < -0.39 is 63.8 Å². The summed E-state index contributed by atoms with van der Waals surface area (Å²) in [6.07, 6.45) is -2.45. The van der Waals surface area contributed by atoms with Gasteiger partial charge in [-0.05, 0) is 6.07 Å². The van der Waals surface area contributed by atoms with Gasteiger partial charge in [0.25, 0.3) is 0 Å². The van der Waals surface area contributed by atoms with Crippen LogP contribution >= 0.6 is 15.2 Å². The maximum atomic E-state index is 12.4. The molecule has 0 bridgehead atoms. The molecule has 1 amide bonds. The van der Waals surface area contributed by atoms with Gasteiger partial charge in [-0.25, -0.2) is 4.79 Å². The molecule has 1 fully saturated rings. The zero-order chi connectivity index (χ0) is 22.7. The third-order valence-electron chi connectivity index (χ3n) is 4.04. The summed E-state index contributed by atoms with van der Waals surface area (Å²) in [4.78, 5) is 54.6. The summed E-state index contributed by atoms with van der Waals surface area (Å²) >= 11 is 0. The first-order valence-electron chi connectivity index (χ1n) is 8.45. The average Bonchev–Trinajstić information content (AvgIpc) is 2.95. The fourth-order valence-corrected chi connectivity index (χ4v) is 5.49. The molecule has 0 radical (unpaired) electrons. The van der Waals surface area contributed by atoms with Crippen LogP contribution in [0.5, 0.6) is 0 Å². The highest BCUT2D eigenvalue weighted by Gasteiger charge is 2.47. The first kappa shape index (κ1) is 24.8. The number of carbonyl (C=O) groups excluding carboxylic acids is 1. The van der Waals surface area contributed by atoms with E-state index in [1.165, 1.54) is 33.4 Å². The van der Waals surface area contributed by atoms with Crippen LogP contribution in [0.25, 0.3) is 0 Å². The van der Waals surface area contributed by atoms with E-state index in [0.29, 0.717) is 0 Å². The predicted molar refractivity (Wildman–Crippen MR) is 101 cm³/mol. The Balaban J connectivity index is 2.21. The van der Waals surface area contributed by atoms with Crippen LogP contribution in [-0.2, 0) is 32.7 Å². The monoisotopic (exact) mass is 471 g/mol. The minimum atomic E-state index is -4.79. The predicted octanol–water partition coefficient (Wildman–Crippen LogP) is -0.534. The summed E-state index contributed by atoms with van der Waals surface area (Å²) in [5.41, 5.74) is -0.765. The molecule has 1 aromatic heterocycles. The molecule has 2 heterocycles. The number of ether oxygens (including phenoxy) is 3. The number of anilines is 1. The van der Waals surface area contributed by atoms with Gasteiger partial charge in [0, 0.05) is 27.3 Å². The van der Waals surface area contributed by atoms with Crippen LogP contribution in [0.3, 0.4) is 0 Å². The Morgan fingerprint density at radius 1 is 1.27 bits per heavy atom. The molecule has 14 nitrogen and oxygen atoms in total. The fraction of sp³-hybridized carbons (Fsp3) is 0.643. The Morgan fingerprint density at radius 2 is 1.90 bits per heavy atom. The van der Waals surface area contributed by atoms with E-state index in [1.807, 2.05) is 0 Å². The molecule has 30 heavy (non-hydrogen) atoms. The van der Waals surface area contributed by atoms with Crippen LogP contribution in [0.15, 0.2) is 17.1 Å². The fourth-order valence-electron chi connectivity index (χ4n) is 2.92. The Kier molecular flexibility index (Phi) is 8.08. The molecule has 0 saturated carbocycles. The average molecular weight is 471 g/mol. The Labute approximate surface area is 170 Å².